The van der Waals surface area contributed by atoms with Crippen LogP contribution in [-0.4, -0.2) is 81.5 Å². The number of carboxylic acids is 1. The van der Waals surface area contributed by atoms with Crippen molar-refractivity contribution in [3.8, 4) is 17.1 Å². The quantitative estimate of drug-likeness (QED) is 0.524. The molecular formula is C26H30F3N5O5. The number of piperidine rings is 1. The summed E-state index contributed by atoms with van der Waals surface area (Å²) in [6.07, 6.45) is -3.37. The lowest BCUT2D eigenvalue weighted by molar-refractivity contribution is -0.192. The molecule has 3 aromatic rings. The Bertz CT molecular complexity index is 1340. The molecule has 5 rings (SSSR count). The van der Waals surface area contributed by atoms with Crippen molar-refractivity contribution in [2.24, 2.45) is 0 Å². The largest absolute Gasteiger partial charge is 0.497 e. The Morgan fingerprint density at radius 2 is 1.72 bits per heavy atom. The minimum Gasteiger partial charge on any atom is -0.497 e. The number of hydrogen-bond acceptors (Lipinski definition) is 7. The van der Waals surface area contributed by atoms with Crippen molar-refractivity contribution in [2.75, 3.05) is 33.8 Å². The number of carbonyl (C=O) groups excluding carboxylic acids is 1. The van der Waals surface area contributed by atoms with Crippen LogP contribution >= 0.6 is 0 Å². The second kappa shape index (κ2) is 10.7. The van der Waals surface area contributed by atoms with Gasteiger partial charge in [0.15, 0.2) is 5.82 Å². The van der Waals surface area contributed by atoms with Gasteiger partial charge in [0.05, 0.1) is 24.8 Å². The molecule has 4 heterocycles. The van der Waals surface area contributed by atoms with Gasteiger partial charge in [-0.25, -0.2) is 4.79 Å². The molecule has 1 N–H and O–H groups in total. The number of fused-ring (bicyclic) bond motifs is 2. The minimum absolute atomic E-state index is 0.0534. The maximum Gasteiger partial charge on any atom is 0.490 e. The van der Waals surface area contributed by atoms with Gasteiger partial charge < -0.3 is 23.7 Å². The first-order chi connectivity index (χ1) is 18.3. The number of amides is 1. The van der Waals surface area contributed by atoms with E-state index < -0.39 is 12.1 Å². The van der Waals surface area contributed by atoms with Crippen LogP contribution in [-0.2, 0) is 16.9 Å². The molecule has 39 heavy (non-hydrogen) atoms. The summed E-state index contributed by atoms with van der Waals surface area (Å²) in [5.74, 6) is 1.44. The van der Waals surface area contributed by atoms with E-state index in [1.165, 1.54) is 0 Å². The van der Waals surface area contributed by atoms with Crippen LogP contribution < -0.4 is 4.74 Å². The second-order valence-electron chi connectivity index (χ2n) is 9.82. The predicted molar refractivity (Wildman–Crippen MR) is 133 cm³/mol. The molecule has 0 saturated carbocycles. The van der Waals surface area contributed by atoms with Crippen LogP contribution in [0.5, 0.6) is 5.75 Å². The summed E-state index contributed by atoms with van der Waals surface area (Å²) < 4.78 is 45.0. The number of hydrogen-bond donors (Lipinski definition) is 1. The molecule has 0 unspecified atom stereocenters. The summed E-state index contributed by atoms with van der Waals surface area (Å²) in [5, 5.41) is 16.2. The maximum absolute atomic E-state index is 13.1. The molecule has 2 aliphatic rings. The van der Waals surface area contributed by atoms with Gasteiger partial charge in [-0.2, -0.15) is 13.2 Å². The number of furan rings is 1. The van der Waals surface area contributed by atoms with Gasteiger partial charge in [-0.15, -0.1) is 10.2 Å². The average molecular weight is 550 g/mol. The number of aromatic nitrogens is 3. The number of carbonyl (C=O) groups is 2. The van der Waals surface area contributed by atoms with Crippen LogP contribution in [0.3, 0.4) is 0 Å². The van der Waals surface area contributed by atoms with Gasteiger partial charge in [0, 0.05) is 25.2 Å². The number of carboxylic acid groups (broad SMARTS) is 1. The normalized spacial score (nSPS) is 16.8. The Morgan fingerprint density at radius 3 is 2.23 bits per heavy atom. The van der Waals surface area contributed by atoms with Gasteiger partial charge in [-0.1, -0.05) is 0 Å². The number of alkyl halides is 3. The summed E-state index contributed by atoms with van der Waals surface area (Å²) in [6.45, 7) is 6.79. The van der Waals surface area contributed by atoms with Crippen LogP contribution in [0.1, 0.15) is 40.5 Å². The highest BCUT2D eigenvalue weighted by atomic mass is 19.4. The summed E-state index contributed by atoms with van der Waals surface area (Å²) in [6, 6.07) is 9.82. The standard InChI is InChI=1S/C24H29N5O3.C2HF3O2/c1-16-13-20(17(2)32-16)23(30)28-11-9-24(10-12-28)15-27(3)14-21-25-26-22(29(21)24)18-5-7-19(31-4)8-6-18;3-2(4,5)1(6)7/h5-8,13H,9-12,14-15H2,1-4H3;(H,6,7). The van der Waals surface area contributed by atoms with E-state index >= 15 is 0 Å². The lowest BCUT2D eigenvalue weighted by Gasteiger charge is -2.48. The first-order valence-electron chi connectivity index (χ1n) is 12.3. The topological polar surface area (TPSA) is 114 Å². The van der Waals surface area contributed by atoms with Crippen LogP contribution in [0.2, 0.25) is 0 Å². The minimum atomic E-state index is -5.08. The van der Waals surface area contributed by atoms with E-state index in [1.54, 1.807) is 7.11 Å². The molecule has 210 valence electrons. The fourth-order valence-corrected chi connectivity index (χ4v) is 5.24. The molecule has 0 atom stereocenters. The molecule has 13 heteroatoms. The summed E-state index contributed by atoms with van der Waals surface area (Å²) in [4.78, 5) is 26.3. The van der Waals surface area contributed by atoms with Crippen LogP contribution in [0.15, 0.2) is 34.7 Å². The number of likely N-dealkylation sites (N-methyl/N-ethyl adjacent to an activating group) is 1. The molecule has 2 aromatic heterocycles. The number of halogens is 3. The van der Waals surface area contributed by atoms with Crippen molar-refractivity contribution >= 4 is 11.9 Å². The Kier molecular flexibility index (Phi) is 7.73. The highest BCUT2D eigenvalue weighted by Crippen LogP contribution is 2.39. The van der Waals surface area contributed by atoms with E-state index in [0.717, 1.165) is 54.7 Å². The third-order valence-electron chi connectivity index (χ3n) is 7.02. The highest BCUT2D eigenvalue weighted by Gasteiger charge is 2.44. The van der Waals surface area contributed by atoms with E-state index in [9.17, 15) is 18.0 Å². The van der Waals surface area contributed by atoms with Gasteiger partial charge in [-0.05, 0) is 64.1 Å². The number of ether oxygens (including phenoxy) is 1. The first-order valence-corrected chi connectivity index (χ1v) is 12.3. The fourth-order valence-electron chi connectivity index (χ4n) is 5.24. The predicted octanol–water partition coefficient (Wildman–Crippen LogP) is 3.87. The molecule has 0 bridgehead atoms. The number of methoxy groups -OCH3 is 1. The van der Waals surface area contributed by atoms with Gasteiger partial charge in [0.1, 0.15) is 23.1 Å². The average Bonchev–Trinajstić information content (AvgIpc) is 3.46. The van der Waals surface area contributed by atoms with Crippen molar-refractivity contribution in [1.29, 1.82) is 0 Å². The maximum atomic E-state index is 13.1. The molecule has 1 saturated heterocycles. The smallest absolute Gasteiger partial charge is 0.490 e. The molecule has 1 amide bonds. The second-order valence-corrected chi connectivity index (χ2v) is 9.82. The van der Waals surface area contributed by atoms with E-state index in [1.807, 2.05) is 49.1 Å². The molecule has 0 radical (unpaired) electrons. The zero-order chi connectivity index (χ0) is 28.5. The zero-order valence-corrected chi connectivity index (χ0v) is 22.1. The third-order valence-corrected chi connectivity index (χ3v) is 7.02. The number of aliphatic carboxylic acids is 1. The zero-order valence-electron chi connectivity index (χ0n) is 22.1. The molecule has 1 fully saturated rings. The first kappa shape index (κ1) is 28.1. The molecule has 2 aliphatic heterocycles. The monoisotopic (exact) mass is 549 g/mol. The van der Waals surface area contributed by atoms with E-state index in [-0.39, 0.29) is 11.4 Å². The molecule has 10 nitrogen and oxygen atoms in total. The van der Waals surface area contributed by atoms with E-state index in [4.69, 9.17) is 19.1 Å². The fraction of sp³-hybridized carbons (Fsp3) is 0.462. The highest BCUT2D eigenvalue weighted by molar-refractivity contribution is 5.95. The number of rotatable bonds is 3. The summed E-state index contributed by atoms with van der Waals surface area (Å²) in [5.41, 5.74) is 1.55. The number of benzene rings is 1. The molecule has 0 aliphatic carbocycles. The molecule has 1 aromatic carbocycles. The molecule has 1 spiro atoms. The van der Waals surface area contributed by atoms with Gasteiger partial charge in [0.25, 0.3) is 5.91 Å². The van der Waals surface area contributed by atoms with Crippen molar-refractivity contribution in [2.45, 2.75) is 44.9 Å². The lowest BCUT2D eigenvalue weighted by Crippen LogP contribution is -2.56. The van der Waals surface area contributed by atoms with Crippen molar-refractivity contribution in [3.05, 3.63) is 53.2 Å². The van der Waals surface area contributed by atoms with E-state index in [0.29, 0.717) is 24.4 Å². The van der Waals surface area contributed by atoms with Crippen LogP contribution in [0.25, 0.3) is 11.4 Å². The van der Waals surface area contributed by atoms with Gasteiger partial charge in [-0.3, -0.25) is 9.69 Å². The molecular weight excluding hydrogens is 519 g/mol. The summed E-state index contributed by atoms with van der Waals surface area (Å²) in [7, 11) is 3.79. The van der Waals surface area contributed by atoms with E-state index in [2.05, 4.69) is 26.7 Å². The van der Waals surface area contributed by atoms with Crippen LogP contribution in [0, 0.1) is 13.8 Å². The van der Waals surface area contributed by atoms with Crippen LogP contribution in [0.4, 0.5) is 13.2 Å². The number of likely N-dealkylation sites (tertiary alicyclic amines) is 1. The van der Waals surface area contributed by atoms with Crippen molar-refractivity contribution in [1.82, 2.24) is 24.6 Å². The number of nitrogens with zero attached hydrogens (tertiary/aromatic N) is 5. The number of aryl methyl sites for hydroxylation is 2. The Balaban J connectivity index is 0.000000448. The van der Waals surface area contributed by atoms with Crippen molar-refractivity contribution < 1.29 is 37.0 Å². The van der Waals surface area contributed by atoms with Gasteiger partial charge in [0.2, 0.25) is 0 Å². The Labute approximate surface area is 223 Å². The summed E-state index contributed by atoms with van der Waals surface area (Å²) >= 11 is 0. The lowest BCUT2D eigenvalue weighted by atomic mass is 9.84. The third kappa shape index (κ3) is 5.77. The SMILES string of the molecule is COc1ccc(-c2nnc3n2C2(CCN(C(=O)c4cc(C)oc4C)CC2)CN(C)C3)cc1.O=C(O)C(F)(F)F. The Morgan fingerprint density at radius 1 is 1.10 bits per heavy atom. The van der Waals surface area contributed by atoms with Gasteiger partial charge >= 0.3 is 12.1 Å². The van der Waals surface area contributed by atoms with Crippen molar-refractivity contribution in [3.63, 3.8) is 0 Å². The Hall–Kier alpha value is -3.87.